The van der Waals surface area contributed by atoms with Crippen molar-refractivity contribution in [2.75, 3.05) is 13.2 Å². The Bertz CT molecular complexity index is 604. The SMILES string of the molecule is O=c1cc(CNC[C@@H]2CCO2)nc2ccccn12. The van der Waals surface area contributed by atoms with Crippen molar-refractivity contribution in [1.82, 2.24) is 14.7 Å². The molecule has 0 aromatic carbocycles. The van der Waals surface area contributed by atoms with E-state index in [9.17, 15) is 4.79 Å². The van der Waals surface area contributed by atoms with Crippen LogP contribution in [0.1, 0.15) is 12.1 Å². The molecule has 3 heterocycles. The van der Waals surface area contributed by atoms with Gasteiger partial charge in [-0.25, -0.2) is 4.98 Å². The zero-order chi connectivity index (χ0) is 12.4. The average Bonchev–Trinajstić information content (AvgIpc) is 2.32. The number of nitrogens with one attached hydrogen (secondary N) is 1. The van der Waals surface area contributed by atoms with Crippen molar-refractivity contribution >= 4 is 5.65 Å². The summed E-state index contributed by atoms with van der Waals surface area (Å²) in [5, 5.41) is 3.26. The fourth-order valence-electron chi connectivity index (χ4n) is 2.00. The van der Waals surface area contributed by atoms with Gasteiger partial charge in [0, 0.05) is 32.0 Å². The monoisotopic (exact) mass is 245 g/mol. The van der Waals surface area contributed by atoms with Crippen LogP contribution >= 0.6 is 0 Å². The summed E-state index contributed by atoms with van der Waals surface area (Å²) >= 11 is 0. The fraction of sp³-hybridized carbons (Fsp3) is 0.385. The number of aromatic nitrogens is 2. The van der Waals surface area contributed by atoms with Gasteiger partial charge in [0.25, 0.3) is 5.56 Å². The van der Waals surface area contributed by atoms with Crippen LogP contribution in [0.4, 0.5) is 0 Å². The highest BCUT2D eigenvalue weighted by Gasteiger charge is 2.16. The Kier molecular flexibility index (Phi) is 3.08. The lowest BCUT2D eigenvalue weighted by Crippen LogP contribution is -2.37. The zero-order valence-corrected chi connectivity index (χ0v) is 10.0. The van der Waals surface area contributed by atoms with Gasteiger partial charge >= 0.3 is 0 Å². The van der Waals surface area contributed by atoms with Gasteiger partial charge < -0.3 is 10.1 Å². The number of hydrogen-bond acceptors (Lipinski definition) is 4. The minimum Gasteiger partial charge on any atom is -0.377 e. The van der Waals surface area contributed by atoms with Gasteiger partial charge in [-0.05, 0) is 18.6 Å². The molecule has 3 rings (SSSR count). The molecule has 18 heavy (non-hydrogen) atoms. The van der Waals surface area contributed by atoms with E-state index < -0.39 is 0 Å². The molecule has 5 nitrogen and oxygen atoms in total. The summed E-state index contributed by atoms with van der Waals surface area (Å²) in [4.78, 5) is 16.3. The molecular weight excluding hydrogens is 230 g/mol. The second-order valence-electron chi connectivity index (χ2n) is 4.43. The summed E-state index contributed by atoms with van der Waals surface area (Å²) in [6.07, 6.45) is 3.16. The maximum atomic E-state index is 11.8. The van der Waals surface area contributed by atoms with Gasteiger partial charge in [-0.2, -0.15) is 0 Å². The normalized spacial score (nSPS) is 18.8. The third-order valence-electron chi connectivity index (χ3n) is 3.10. The Morgan fingerprint density at radius 1 is 1.50 bits per heavy atom. The molecule has 0 radical (unpaired) electrons. The van der Waals surface area contributed by atoms with Crippen LogP contribution in [0.25, 0.3) is 5.65 Å². The molecule has 1 aliphatic rings. The van der Waals surface area contributed by atoms with Gasteiger partial charge in [-0.1, -0.05) is 6.07 Å². The van der Waals surface area contributed by atoms with Crippen molar-refractivity contribution in [3.8, 4) is 0 Å². The third-order valence-corrected chi connectivity index (χ3v) is 3.10. The van der Waals surface area contributed by atoms with E-state index in [1.54, 1.807) is 16.7 Å². The van der Waals surface area contributed by atoms with Gasteiger partial charge in [0.2, 0.25) is 0 Å². The lowest BCUT2D eigenvalue weighted by Gasteiger charge is -2.26. The largest absolute Gasteiger partial charge is 0.377 e. The van der Waals surface area contributed by atoms with Crippen molar-refractivity contribution in [1.29, 1.82) is 0 Å². The Labute approximate surface area is 104 Å². The smallest absolute Gasteiger partial charge is 0.258 e. The molecule has 0 saturated carbocycles. The lowest BCUT2D eigenvalue weighted by atomic mass is 10.2. The molecule has 5 heteroatoms. The molecule has 0 unspecified atom stereocenters. The first kappa shape index (κ1) is 11.4. The standard InChI is InChI=1S/C13H15N3O2/c17-13-7-10(8-14-9-11-4-6-18-11)15-12-3-1-2-5-16(12)13/h1-3,5,7,11,14H,4,6,8-9H2/t11-/m0/s1. The molecule has 1 N–H and O–H groups in total. The summed E-state index contributed by atoms with van der Waals surface area (Å²) in [5.74, 6) is 0. The maximum absolute atomic E-state index is 11.8. The van der Waals surface area contributed by atoms with Gasteiger partial charge in [0.15, 0.2) is 0 Å². The lowest BCUT2D eigenvalue weighted by molar-refractivity contribution is -0.0484. The van der Waals surface area contributed by atoms with E-state index in [1.807, 2.05) is 18.2 Å². The van der Waals surface area contributed by atoms with E-state index in [-0.39, 0.29) is 5.56 Å². The molecule has 1 aliphatic heterocycles. The Morgan fingerprint density at radius 2 is 2.39 bits per heavy atom. The van der Waals surface area contributed by atoms with Crippen molar-refractivity contribution in [2.24, 2.45) is 0 Å². The fourth-order valence-corrected chi connectivity index (χ4v) is 2.00. The molecule has 2 aromatic rings. The van der Waals surface area contributed by atoms with Crippen LogP contribution < -0.4 is 10.9 Å². The maximum Gasteiger partial charge on any atom is 0.258 e. The predicted molar refractivity (Wildman–Crippen MR) is 67.5 cm³/mol. The van der Waals surface area contributed by atoms with Crippen molar-refractivity contribution < 1.29 is 4.74 Å². The number of hydrogen-bond donors (Lipinski definition) is 1. The third kappa shape index (κ3) is 2.27. The molecule has 1 saturated heterocycles. The van der Waals surface area contributed by atoms with E-state index in [1.165, 1.54) is 0 Å². The van der Waals surface area contributed by atoms with E-state index in [0.29, 0.717) is 18.3 Å². The molecule has 0 aliphatic carbocycles. The van der Waals surface area contributed by atoms with Crippen LogP contribution in [0.5, 0.6) is 0 Å². The number of fused-ring (bicyclic) bond motifs is 1. The van der Waals surface area contributed by atoms with E-state index in [0.717, 1.165) is 25.3 Å². The van der Waals surface area contributed by atoms with E-state index in [2.05, 4.69) is 10.3 Å². The molecular formula is C13H15N3O2. The summed E-state index contributed by atoms with van der Waals surface area (Å²) in [5.41, 5.74) is 1.41. The summed E-state index contributed by atoms with van der Waals surface area (Å²) < 4.78 is 6.85. The molecule has 94 valence electrons. The van der Waals surface area contributed by atoms with Crippen LogP contribution in [0.15, 0.2) is 35.3 Å². The second kappa shape index (κ2) is 4.88. The van der Waals surface area contributed by atoms with Crippen LogP contribution in [0, 0.1) is 0 Å². The first-order valence-electron chi connectivity index (χ1n) is 6.12. The minimum atomic E-state index is -0.0442. The highest BCUT2D eigenvalue weighted by atomic mass is 16.5. The molecule has 0 bridgehead atoms. The highest BCUT2D eigenvalue weighted by Crippen LogP contribution is 2.09. The Morgan fingerprint density at radius 3 is 3.17 bits per heavy atom. The number of ether oxygens (including phenoxy) is 1. The van der Waals surface area contributed by atoms with Crippen LogP contribution in [-0.2, 0) is 11.3 Å². The van der Waals surface area contributed by atoms with E-state index in [4.69, 9.17) is 4.74 Å². The van der Waals surface area contributed by atoms with Gasteiger partial charge in [-0.15, -0.1) is 0 Å². The molecule has 2 aromatic heterocycles. The van der Waals surface area contributed by atoms with Crippen LogP contribution in [0.3, 0.4) is 0 Å². The second-order valence-corrected chi connectivity index (χ2v) is 4.43. The van der Waals surface area contributed by atoms with Crippen molar-refractivity contribution in [3.63, 3.8) is 0 Å². The first-order chi connectivity index (χ1) is 8.83. The number of rotatable bonds is 4. The summed E-state index contributed by atoms with van der Waals surface area (Å²) in [6.45, 7) is 2.28. The molecule has 1 atom stereocenters. The van der Waals surface area contributed by atoms with Gasteiger partial charge in [0.05, 0.1) is 11.8 Å². The summed E-state index contributed by atoms with van der Waals surface area (Å²) in [7, 11) is 0. The van der Waals surface area contributed by atoms with Crippen LogP contribution in [0.2, 0.25) is 0 Å². The topological polar surface area (TPSA) is 55.6 Å². The highest BCUT2D eigenvalue weighted by molar-refractivity contribution is 5.37. The number of pyridine rings is 1. The Balaban J connectivity index is 1.73. The quantitative estimate of drug-likeness (QED) is 0.855. The number of nitrogens with zero attached hydrogens (tertiary/aromatic N) is 2. The summed E-state index contributed by atoms with van der Waals surface area (Å²) in [6, 6.07) is 7.10. The zero-order valence-electron chi connectivity index (χ0n) is 10.0. The Hall–Kier alpha value is -1.72. The van der Waals surface area contributed by atoms with Gasteiger partial charge in [0.1, 0.15) is 5.65 Å². The van der Waals surface area contributed by atoms with E-state index >= 15 is 0 Å². The van der Waals surface area contributed by atoms with Crippen LogP contribution in [-0.4, -0.2) is 28.6 Å². The average molecular weight is 245 g/mol. The van der Waals surface area contributed by atoms with Crippen molar-refractivity contribution in [3.05, 3.63) is 46.5 Å². The molecule has 0 spiro atoms. The molecule has 0 amide bonds. The predicted octanol–water partition coefficient (Wildman–Crippen LogP) is 0.573. The minimum absolute atomic E-state index is 0.0442. The first-order valence-corrected chi connectivity index (χ1v) is 6.12. The van der Waals surface area contributed by atoms with Gasteiger partial charge in [-0.3, -0.25) is 9.20 Å². The van der Waals surface area contributed by atoms with Crippen molar-refractivity contribution in [2.45, 2.75) is 19.1 Å². The molecule has 1 fully saturated rings.